The fraction of sp³-hybridized carbons (Fsp3) is 0.455. The number of amidine groups is 1. The monoisotopic (exact) mass is 331 g/mol. The van der Waals surface area contributed by atoms with E-state index in [2.05, 4.69) is 21.1 Å². The number of carbonyl (C=O) groups is 1. The summed E-state index contributed by atoms with van der Waals surface area (Å²) in [5.74, 6) is 0.0519. The molecule has 1 saturated heterocycles. The summed E-state index contributed by atoms with van der Waals surface area (Å²) in [5, 5.41) is 11.7. The van der Waals surface area contributed by atoms with Crippen molar-refractivity contribution in [3.05, 3.63) is 20.3 Å². The van der Waals surface area contributed by atoms with Crippen LogP contribution >= 0.6 is 27.3 Å². The van der Waals surface area contributed by atoms with Crippen LogP contribution in [-0.2, 0) is 0 Å². The number of rotatable bonds is 2. The maximum absolute atomic E-state index is 12.4. The molecule has 7 heteroatoms. The Morgan fingerprint density at radius 1 is 1.72 bits per heavy atom. The molecule has 98 valence electrons. The van der Waals surface area contributed by atoms with Gasteiger partial charge in [0.15, 0.2) is 5.84 Å². The molecule has 0 aromatic carbocycles. The third kappa shape index (κ3) is 2.37. The van der Waals surface area contributed by atoms with Crippen molar-refractivity contribution in [3.63, 3.8) is 0 Å². The van der Waals surface area contributed by atoms with Crippen molar-refractivity contribution in [2.24, 2.45) is 10.9 Å². The van der Waals surface area contributed by atoms with Crippen LogP contribution in [0.15, 0.2) is 15.0 Å². The van der Waals surface area contributed by atoms with E-state index in [9.17, 15) is 4.79 Å². The summed E-state index contributed by atoms with van der Waals surface area (Å²) in [6.07, 6.45) is 1.62. The minimum absolute atomic E-state index is 0.0529. The van der Waals surface area contributed by atoms with Crippen LogP contribution in [0.2, 0.25) is 0 Å². The number of carbonyl (C=O) groups excluding carboxylic acids is 1. The van der Waals surface area contributed by atoms with Crippen molar-refractivity contribution < 1.29 is 10.0 Å². The number of thiophene rings is 1. The normalized spacial score (nSPS) is 20.4. The van der Waals surface area contributed by atoms with Gasteiger partial charge in [0.05, 0.1) is 14.7 Å². The minimum atomic E-state index is -0.288. The first-order chi connectivity index (χ1) is 8.54. The lowest BCUT2D eigenvalue weighted by molar-refractivity contribution is 0.0772. The van der Waals surface area contributed by atoms with E-state index >= 15 is 0 Å². The number of hydrogen-bond acceptors (Lipinski definition) is 4. The molecule has 1 fully saturated rings. The van der Waals surface area contributed by atoms with Crippen LogP contribution < -0.4 is 5.73 Å². The first kappa shape index (κ1) is 13.4. The minimum Gasteiger partial charge on any atom is -0.409 e. The number of likely N-dealkylation sites (tertiary alicyclic amines) is 1. The van der Waals surface area contributed by atoms with E-state index in [1.54, 1.807) is 4.90 Å². The Hall–Kier alpha value is -1.08. The molecule has 5 nitrogen and oxygen atoms in total. The van der Waals surface area contributed by atoms with E-state index in [0.29, 0.717) is 11.4 Å². The number of hydrogen-bond donors (Lipinski definition) is 2. The second-order valence-electron chi connectivity index (χ2n) is 4.25. The van der Waals surface area contributed by atoms with Gasteiger partial charge in [0, 0.05) is 6.54 Å². The second-order valence-corrected chi connectivity index (χ2v) is 6.62. The highest BCUT2D eigenvalue weighted by atomic mass is 79.9. The highest BCUT2D eigenvalue weighted by molar-refractivity contribution is 9.11. The summed E-state index contributed by atoms with van der Waals surface area (Å²) in [7, 11) is 0. The van der Waals surface area contributed by atoms with Gasteiger partial charge in [-0.2, -0.15) is 0 Å². The van der Waals surface area contributed by atoms with E-state index < -0.39 is 0 Å². The zero-order valence-electron chi connectivity index (χ0n) is 9.89. The number of aryl methyl sites for hydroxylation is 1. The van der Waals surface area contributed by atoms with Gasteiger partial charge in [0.25, 0.3) is 5.91 Å². The molecule has 1 aliphatic rings. The SMILES string of the molecule is Cc1cc(C(=O)N2CCCC2C(N)=NO)sc1Br. The Bertz CT molecular complexity index is 481. The van der Waals surface area contributed by atoms with E-state index in [4.69, 9.17) is 10.9 Å². The molecule has 0 radical (unpaired) electrons. The fourth-order valence-corrected chi connectivity index (χ4v) is 3.58. The Balaban J connectivity index is 2.23. The Kier molecular flexibility index (Phi) is 3.91. The average molecular weight is 332 g/mol. The van der Waals surface area contributed by atoms with Gasteiger partial charge >= 0.3 is 0 Å². The Morgan fingerprint density at radius 2 is 2.44 bits per heavy atom. The zero-order chi connectivity index (χ0) is 13.3. The number of oxime groups is 1. The molecule has 1 atom stereocenters. The molecule has 1 aromatic rings. The number of nitrogens with two attached hydrogens (primary N) is 1. The van der Waals surface area contributed by atoms with Crippen LogP contribution in [0.25, 0.3) is 0 Å². The van der Waals surface area contributed by atoms with Crippen LogP contribution in [0.5, 0.6) is 0 Å². The molecule has 18 heavy (non-hydrogen) atoms. The number of amides is 1. The standard InChI is InChI=1S/C11H14BrN3O2S/c1-6-5-8(18-9(6)12)11(16)15-4-2-3-7(15)10(13)14-17/h5,7,17H,2-4H2,1H3,(H2,13,14). The zero-order valence-corrected chi connectivity index (χ0v) is 12.3. The lowest BCUT2D eigenvalue weighted by atomic mass is 10.2. The van der Waals surface area contributed by atoms with Crippen molar-refractivity contribution in [1.29, 1.82) is 0 Å². The highest BCUT2D eigenvalue weighted by Crippen LogP contribution is 2.30. The van der Waals surface area contributed by atoms with Crippen LogP contribution in [0, 0.1) is 6.92 Å². The first-order valence-electron chi connectivity index (χ1n) is 5.59. The predicted octanol–water partition coefficient (Wildman–Crippen LogP) is 2.17. The maximum atomic E-state index is 12.4. The van der Waals surface area contributed by atoms with Crippen LogP contribution in [0.4, 0.5) is 0 Å². The third-order valence-corrected chi connectivity index (χ3v) is 5.16. The van der Waals surface area contributed by atoms with Gasteiger partial charge in [-0.3, -0.25) is 4.79 Å². The summed E-state index contributed by atoms with van der Waals surface area (Å²) in [4.78, 5) is 14.7. The predicted molar refractivity (Wildman–Crippen MR) is 74.2 cm³/mol. The molecule has 1 unspecified atom stereocenters. The molecule has 0 bridgehead atoms. The molecule has 0 saturated carbocycles. The van der Waals surface area contributed by atoms with Crippen LogP contribution in [0.3, 0.4) is 0 Å². The van der Waals surface area contributed by atoms with E-state index in [0.717, 1.165) is 22.2 Å². The summed E-state index contributed by atoms with van der Waals surface area (Å²) in [5.41, 5.74) is 6.66. The number of halogens is 1. The molecular formula is C11H14BrN3O2S. The molecule has 1 aliphatic heterocycles. The van der Waals surface area contributed by atoms with Gasteiger partial charge in [0.2, 0.25) is 0 Å². The summed E-state index contributed by atoms with van der Waals surface area (Å²) in [6, 6.07) is 1.57. The molecule has 1 aromatic heterocycles. The molecule has 0 aliphatic carbocycles. The van der Waals surface area contributed by atoms with E-state index in [-0.39, 0.29) is 17.8 Å². The topological polar surface area (TPSA) is 78.9 Å². The summed E-state index contributed by atoms with van der Waals surface area (Å²) < 4.78 is 0.963. The fourth-order valence-electron chi connectivity index (χ4n) is 2.09. The first-order valence-corrected chi connectivity index (χ1v) is 7.20. The van der Waals surface area contributed by atoms with Crippen molar-refractivity contribution in [2.75, 3.05) is 6.54 Å². The van der Waals surface area contributed by atoms with Gasteiger partial charge in [-0.05, 0) is 47.3 Å². The van der Waals surface area contributed by atoms with Crippen molar-refractivity contribution in [2.45, 2.75) is 25.8 Å². The average Bonchev–Trinajstić information content (AvgIpc) is 2.95. The second kappa shape index (κ2) is 5.27. The largest absolute Gasteiger partial charge is 0.409 e. The van der Waals surface area contributed by atoms with Gasteiger partial charge < -0.3 is 15.8 Å². The Morgan fingerprint density at radius 3 is 3.00 bits per heavy atom. The van der Waals surface area contributed by atoms with E-state index in [1.807, 2.05) is 13.0 Å². The molecule has 1 amide bonds. The molecular weight excluding hydrogens is 318 g/mol. The van der Waals surface area contributed by atoms with Gasteiger partial charge in [-0.25, -0.2) is 0 Å². The van der Waals surface area contributed by atoms with E-state index in [1.165, 1.54) is 11.3 Å². The lowest BCUT2D eigenvalue weighted by Crippen LogP contribution is -2.43. The van der Waals surface area contributed by atoms with Gasteiger partial charge in [-0.15, -0.1) is 11.3 Å². The molecule has 2 heterocycles. The van der Waals surface area contributed by atoms with Crippen molar-refractivity contribution in [3.8, 4) is 0 Å². The highest BCUT2D eigenvalue weighted by Gasteiger charge is 2.33. The number of nitrogens with zero attached hydrogens (tertiary/aromatic N) is 2. The van der Waals surface area contributed by atoms with Gasteiger partial charge in [0.1, 0.15) is 0 Å². The Labute approximate surface area is 117 Å². The summed E-state index contributed by atoms with van der Waals surface area (Å²) >= 11 is 4.82. The lowest BCUT2D eigenvalue weighted by Gasteiger charge is -2.22. The van der Waals surface area contributed by atoms with Crippen molar-refractivity contribution >= 4 is 39.0 Å². The van der Waals surface area contributed by atoms with Crippen molar-refractivity contribution in [1.82, 2.24) is 4.90 Å². The maximum Gasteiger partial charge on any atom is 0.264 e. The molecule has 0 spiro atoms. The quantitative estimate of drug-likeness (QED) is 0.377. The molecule has 3 N–H and O–H groups in total. The van der Waals surface area contributed by atoms with Gasteiger partial charge in [-0.1, -0.05) is 5.16 Å². The summed E-state index contributed by atoms with van der Waals surface area (Å²) in [6.45, 7) is 2.59. The third-order valence-electron chi connectivity index (χ3n) is 3.04. The smallest absolute Gasteiger partial charge is 0.264 e. The van der Waals surface area contributed by atoms with Crippen LogP contribution in [-0.4, -0.2) is 34.4 Å². The molecule has 2 rings (SSSR count). The van der Waals surface area contributed by atoms with Crippen LogP contribution in [0.1, 0.15) is 28.1 Å².